The number of aliphatic hydroxyl groups excluding tert-OH is 4. The molecule has 1 aliphatic rings. The molecule has 45 heavy (non-hydrogen) atoms. The van der Waals surface area contributed by atoms with E-state index in [-0.39, 0.29) is 78.0 Å². The summed E-state index contributed by atoms with van der Waals surface area (Å²) in [5.41, 5.74) is 0. The summed E-state index contributed by atoms with van der Waals surface area (Å²) in [7, 11) is 0. The molecular formula is C28H43N7O10. The molecule has 0 aromatic rings. The molecule has 0 spiro atoms. The van der Waals surface area contributed by atoms with E-state index in [1.165, 1.54) is 4.90 Å². The Balaban J connectivity index is 2.32. The van der Waals surface area contributed by atoms with Crippen molar-refractivity contribution in [3.63, 3.8) is 0 Å². The fourth-order valence-corrected chi connectivity index (χ4v) is 4.45. The lowest BCUT2D eigenvalue weighted by molar-refractivity contribution is -0.147. The van der Waals surface area contributed by atoms with Crippen LogP contribution in [0.15, 0.2) is 0 Å². The van der Waals surface area contributed by atoms with E-state index in [0.29, 0.717) is 13.0 Å². The number of carbonyl (C=O) groups is 4. The Morgan fingerprint density at radius 3 is 1.42 bits per heavy atom. The smallest absolute Gasteiger partial charge is 0.305 e. The van der Waals surface area contributed by atoms with E-state index in [9.17, 15) is 39.6 Å². The molecule has 0 aromatic carbocycles. The van der Waals surface area contributed by atoms with E-state index < -0.39 is 60.3 Å². The lowest BCUT2D eigenvalue weighted by Crippen LogP contribution is -2.62. The molecule has 0 aliphatic carbocycles. The third kappa shape index (κ3) is 17.3. The molecule has 17 nitrogen and oxygen atoms in total. The number of aliphatic hydroxyl groups is 4. The number of nitriles is 3. The van der Waals surface area contributed by atoms with Crippen LogP contribution in [0.5, 0.6) is 0 Å². The van der Waals surface area contributed by atoms with Crippen LogP contribution in [0, 0.1) is 34.0 Å². The molecule has 0 saturated carbocycles. The van der Waals surface area contributed by atoms with Gasteiger partial charge in [-0.2, -0.15) is 15.8 Å². The highest BCUT2D eigenvalue weighted by Gasteiger charge is 2.33. The summed E-state index contributed by atoms with van der Waals surface area (Å²) in [5.74, 6) is -2.06. The van der Waals surface area contributed by atoms with E-state index in [4.69, 9.17) is 25.3 Å². The molecule has 1 rings (SSSR count). The van der Waals surface area contributed by atoms with Gasteiger partial charge in [0.1, 0.15) is 12.1 Å². The highest BCUT2D eigenvalue weighted by Crippen LogP contribution is 2.08. The molecule has 0 radical (unpaired) electrons. The lowest BCUT2D eigenvalue weighted by atomic mass is 10.1. The minimum Gasteiger partial charge on any atom is -0.466 e. The van der Waals surface area contributed by atoms with Crippen molar-refractivity contribution < 1.29 is 49.1 Å². The molecule has 1 saturated heterocycles. The second kappa shape index (κ2) is 21.8. The molecule has 0 bridgehead atoms. The Morgan fingerprint density at radius 1 is 0.733 bits per heavy atom. The van der Waals surface area contributed by atoms with Gasteiger partial charge in [0.15, 0.2) is 18.3 Å². The first-order valence-corrected chi connectivity index (χ1v) is 14.7. The van der Waals surface area contributed by atoms with Crippen LogP contribution >= 0.6 is 0 Å². The molecule has 17 heteroatoms. The molecule has 1 fully saturated rings. The van der Waals surface area contributed by atoms with Crippen molar-refractivity contribution in [3.8, 4) is 18.2 Å². The second-order valence-corrected chi connectivity index (χ2v) is 10.7. The summed E-state index contributed by atoms with van der Waals surface area (Å²) in [4.78, 5) is 52.2. The van der Waals surface area contributed by atoms with Crippen LogP contribution in [0.2, 0.25) is 0 Å². The molecule has 6 N–H and O–H groups in total. The predicted molar refractivity (Wildman–Crippen MR) is 153 cm³/mol. The van der Waals surface area contributed by atoms with Gasteiger partial charge in [-0.15, -0.1) is 0 Å². The average molecular weight is 638 g/mol. The molecule has 0 aromatic heterocycles. The van der Waals surface area contributed by atoms with Crippen LogP contribution in [0.4, 0.5) is 0 Å². The Bertz CT molecular complexity index is 1070. The first kappa shape index (κ1) is 39.1. The maximum Gasteiger partial charge on any atom is 0.305 e. The van der Waals surface area contributed by atoms with E-state index in [1.807, 2.05) is 0 Å². The third-order valence-corrected chi connectivity index (χ3v) is 6.58. The van der Waals surface area contributed by atoms with Crippen molar-refractivity contribution in [2.24, 2.45) is 0 Å². The van der Waals surface area contributed by atoms with E-state index in [0.717, 1.165) is 0 Å². The number of ether oxygens (including phenoxy) is 2. The largest absolute Gasteiger partial charge is 0.466 e. The fraction of sp³-hybridized carbons (Fsp3) is 0.750. The first-order chi connectivity index (χ1) is 21.4. The van der Waals surface area contributed by atoms with E-state index >= 15 is 0 Å². The highest BCUT2D eigenvalue weighted by molar-refractivity contribution is 5.96. The van der Waals surface area contributed by atoms with Crippen LogP contribution < -0.4 is 10.6 Å². The van der Waals surface area contributed by atoms with Gasteiger partial charge in [0, 0.05) is 51.9 Å². The number of esters is 2. The molecule has 1 heterocycles. The summed E-state index contributed by atoms with van der Waals surface area (Å²) in [6.07, 6.45) is -3.84. The van der Waals surface area contributed by atoms with Crippen LogP contribution in [0.1, 0.15) is 45.4 Å². The predicted octanol–water partition coefficient (Wildman–Crippen LogP) is -2.97. The minimum atomic E-state index is -1.32. The molecule has 2 amide bonds. The standard InChI is InChI=1S/C28H43N7O10/c1-19(36)15-34(16-20(37)12-29)8-2-4-25(40)44-10-6-23-27(42)33-24(28(43)32-23)7-11-45-26(41)5-3-9-35(17-21(38)13-30)18-22(39)14-31/h19-24,36-39H,2-11,15-18H2,1H3,(H,32,43)(H,33,42). The topological polar surface area (TPSA) is 270 Å². The summed E-state index contributed by atoms with van der Waals surface area (Å²) >= 11 is 0. The van der Waals surface area contributed by atoms with Crippen LogP contribution in [0.3, 0.4) is 0 Å². The maximum absolute atomic E-state index is 12.4. The minimum absolute atomic E-state index is 0.0251. The number of nitrogens with zero attached hydrogens (tertiary/aromatic N) is 5. The Morgan fingerprint density at radius 2 is 1.09 bits per heavy atom. The SMILES string of the molecule is CC(O)CN(CCCC(=O)OCCC1NC(=O)C(CCOC(=O)CCCN(CC(O)C#N)CC(O)C#N)NC1=O)CC(O)C#N. The van der Waals surface area contributed by atoms with Crippen molar-refractivity contribution in [2.45, 2.75) is 81.9 Å². The first-order valence-electron chi connectivity index (χ1n) is 14.7. The third-order valence-electron chi connectivity index (χ3n) is 6.58. The van der Waals surface area contributed by atoms with Gasteiger partial charge >= 0.3 is 11.9 Å². The normalized spacial score (nSPS) is 18.8. The number of nitrogens with one attached hydrogen (secondary N) is 2. The van der Waals surface area contributed by atoms with Gasteiger partial charge in [0.05, 0.1) is 37.5 Å². The van der Waals surface area contributed by atoms with Crippen molar-refractivity contribution in [1.29, 1.82) is 15.8 Å². The second-order valence-electron chi connectivity index (χ2n) is 10.7. The highest BCUT2D eigenvalue weighted by atomic mass is 16.5. The number of carbonyl (C=O) groups excluding carboxylic acids is 4. The van der Waals surface area contributed by atoms with Crippen LogP contribution in [-0.2, 0) is 28.7 Å². The Hall–Kier alpha value is -3.89. The number of hydrogen-bond acceptors (Lipinski definition) is 15. The quantitative estimate of drug-likeness (QED) is 0.0511. The summed E-state index contributed by atoms with van der Waals surface area (Å²) in [6.45, 7) is 1.90. The van der Waals surface area contributed by atoms with Gasteiger partial charge in [-0.1, -0.05) is 0 Å². The van der Waals surface area contributed by atoms with E-state index in [2.05, 4.69) is 10.6 Å². The fourth-order valence-electron chi connectivity index (χ4n) is 4.45. The zero-order chi connectivity index (χ0) is 33.8. The van der Waals surface area contributed by atoms with Gasteiger partial charge in [-0.25, -0.2) is 0 Å². The van der Waals surface area contributed by atoms with Crippen molar-refractivity contribution in [3.05, 3.63) is 0 Å². The number of hydrogen-bond donors (Lipinski definition) is 6. The van der Waals surface area contributed by atoms with Gasteiger partial charge in [-0.05, 0) is 32.9 Å². The van der Waals surface area contributed by atoms with E-state index in [1.54, 1.807) is 30.0 Å². The Kier molecular flexibility index (Phi) is 18.9. The number of amides is 2. The maximum atomic E-state index is 12.4. The summed E-state index contributed by atoms with van der Waals surface area (Å²) in [6, 6.07) is 3.15. The zero-order valence-corrected chi connectivity index (χ0v) is 25.3. The van der Waals surface area contributed by atoms with Gasteiger partial charge in [-0.3, -0.25) is 29.0 Å². The van der Waals surface area contributed by atoms with Crippen LogP contribution in [0.25, 0.3) is 0 Å². The van der Waals surface area contributed by atoms with Crippen molar-refractivity contribution in [1.82, 2.24) is 20.4 Å². The van der Waals surface area contributed by atoms with Gasteiger partial charge < -0.3 is 40.5 Å². The Labute approximate surface area is 261 Å². The molecule has 1 aliphatic heterocycles. The molecule has 6 atom stereocenters. The van der Waals surface area contributed by atoms with Crippen molar-refractivity contribution in [2.75, 3.05) is 52.5 Å². The molecule has 250 valence electrons. The van der Waals surface area contributed by atoms with Gasteiger partial charge in [0.25, 0.3) is 0 Å². The lowest BCUT2D eigenvalue weighted by Gasteiger charge is -2.29. The summed E-state index contributed by atoms with van der Waals surface area (Å²) in [5, 5.41) is 69.5. The van der Waals surface area contributed by atoms with Crippen LogP contribution in [-0.4, -0.2) is 143 Å². The van der Waals surface area contributed by atoms with Crippen molar-refractivity contribution >= 4 is 23.8 Å². The summed E-state index contributed by atoms with van der Waals surface area (Å²) < 4.78 is 10.3. The molecule has 6 unspecified atom stereocenters. The number of piperazine rings is 1. The van der Waals surface area contributed by atoms with Gasteiger partial charge in [0.2, 0.25) is 11.8 Å². The number of rotatable bonds is 22. The molecular weight excluding hydrogens is 594 g/mol. The monoisotopic (exact) mass is 637 g/mol. The average Bonchev–Trinajstić information content (AvgIpc) is 2.98. The zero-order valence-electron chi connectivity index (χ0n) is 25.3.